The van der Waals surface area contributed by atoms with Crippen LogP contribution in [0.1, 0.15) is 31.5 Å². The molecule has 1 aliphatic heterocycles. The average Bonchev–Trinajstić information content (AvgIpc) is 2.91. The van der Waals surface area contributed by atoms with Gasteiger partial charge >= 0.3 is 0 Å². The van der Waals surface area contributed by atoms with Crippen molar-refractivity contribution in [2.45, 2.75) is 50.9 Å². The van der Waals surface area contributed by atoms with Gasteiger partial charge in [-0.2, -0.15) is 0 Å². The molecule has 196 valence electrons. The minimum atomic E-state index is -0.512. The number of rotatable bonds is 8. The number of hydrogen-bond donors (Lipinski definition) is 3. The third kappa shape index (κ3) is 5.39. The number of nitrogens with one attached hydrogen (secondary N) is 3. The number of anilines is 1. The molecule has 0 radical (unpaired) electrons. The highest BCUT2D eigenvalue weighted by Gasteiger charge is 2.28. The van der Waals surface area contributed by atoms with E-state index in [4.69, 9.17) is 9.47 Å². The first-order chi connectivity index (χ1) is 17.9. The van der Waals surface area contributed by atoms with Gasteiger partial charge in [-0.25, -0.2) is 19.3 Å². The number of benzene rings is 1. The SMILES string of the molecule is CNC(Cn1c(=O)cnc2cc(F)c(OC)cc21)C1CCC(NCc2ncc3c(n2)NC(=O)CO3)CC1. The lowest BCUT2D eigenvalue weighted by atomic mass is 9.81. The van der Waals surface area contributed by atoms with Gasteiger partial charge in [0.25, 0.3) is 11.5 Å². The normalized spacial score (nSPS) is 20.1. The Morgan fingerprint density at radius 1 is 1.22 bits per heavy atom. The van der Waals surface area contributed by atoms with Crippen molar-refractivity contribution in [1.82, 2.24) is 30.2 Å². The molecule has 3 aromatic rings. The molecular formula is C25H30FN7O4. The van der Waals surface area contributed by atoms with Crippen molar-refractivity contribution >= 4 is 22.8 Å². The quantitative estimate of drug-likeness (QED) is 0.413. The predicted octanol–water partition coefficient (Wildman–Crippen LogP) is 1.60. The fourth-order valence-electron chi connectivity index (χ4n) is 5.14. The van der Waals surface area contributed by atoms with Crippen molar-refractivity contribution in [2.75, 3.05) is 26.1 Å². The molecule has 1 saturated carbocycles. The van der Waals surface area contributed by atoms with E-state index in [-0.39, 0.29) is 29.9 Å². The maximum absolute atomic E-state index is 14.2. The maximum Gasteiger partial charge on any atom is 0.269 e. The zero-order valence-electron chi connectivity index (χ0n) is 20.8. The van der Waals surface area contributed by atoms with Gasteiger partial charge in [0.1, 0.15) is 5.82 Å². The fourth-order valence-corrected chi connectivity index (χ4v) is 5.14. The van der Waals surface area contributed by atoms with E-state index in [1.807, 2.05) is 7.05 Å². The molecule has 12 heteroatoms. The highest BCUT2D eigenvalue weighted by Crippen LogP contribution is 2.29. The number of halogens is 1. The summed E-state index contributed by atoms with van der Waals surface area (Å²) in [6.45, 7) is 0.914. The molecule has 3 heterocycles. The summed E-state index contributed by atoms with van der Waals surface area (Å²) in [6.07, 6.45) is 6.73. The van der Waals surface area contributed by atoms with Crippen LogP contribution in [0.5, 0.6) is 11.5 Å². The average molecular weight is 512 g/mol. The summed E-state index contributed by atoms with van der Waals surface area (Å²) in [6, 6.07) is 3.21. The van der Waals surface area contributed by atoms with Crippen LogP contribution in [0, 0.1) is 11.7 Å². The fraction of sp³-hybridized carbons (Fsp3) is 0.480. The second kappa shape index (κ2) is 10.8. The van der Waals surface area contributed by atoms with Gasteiger partial charge in [0.05, 0.1) is 37.1 Å². The number of nitrogens with zero attached hydrogens (tertiary/aromatic N) is 4. The molecule has 3 N–H and O–H groups in total. The van der Waals surface area contributed by atoms with Crippen LogP contribution in [-0.2, 0) is 17.9 Å². The molecule has 1 unspecified atom stereocenters. The van der Waals surface area contributed by atoms with Gasteiger partial charge in [-0.15, -0.1) is 0 Å². The van der Waals surface area contributed by atoms with E-state index in [9.17, 15) is 14.0 Å². The van der Waals surface area contributed by atoms with Crippen molar-refractivity contribution in [2.24, 2.45) is 5.92 Å². The van der Waals surface area contributed by atoms with Gasteiger partial charge in [-0.3, -0.25) is 9.59 Å². The summed E-state index contributed by atoms with van der Waals surface area (Å²) in [5.74, 6) is 1.19. The van der Waals surface area contributed by atoms with Crippen molar-refractivity contribution in [3.8, 4) is 11.5 Å². The molecule has 1 atom stereocenters. The lowest BCUT2D eigenvalue weighted by molar-refractivity contribution is -0.118. The Morgan fingerprint density at radius 3 is 2.78 bits per heavy atom. The molecule has 1 amide bonds. The number of amides is 1. The van der Waals surface area contributed by atoms with Gasteiger partial charge in [-0.05, 0) is 38.6 Å². The summed E-state index contributed by atoms with van der Waals surface area (Å²) in [7, 11) is 3.30. The Hall–Kier alpha value is -3.64. The first kappa shape index (κ1) is 25.0. The van der Waals surface area contributed by atoms with Gasteiger partial charge in [0.15, 0.2) is 29.7 Å². The van der Waals surface area contributed by atoms with E-state index < -0.39 is 5.82 Å². The van der Waals surface area contributed by atoms with Crippen LogP contribution in [0.25, 0.3) is 11.0 Å². The van der Waals surface area contributed by atoms with Crippen LogP contribution in [0.3, 0.4) is 0 Å². The minimum absolute atomic E-state index is 0.0242. The molecule has 1 fully saturated rings. The Bertz CT molecular complexity index is 1360. The van der Waals surface area contributed by atoms with Crippen LogP contribution >= 0.6 is 0 Å². The van der Waals surface area contributed by atoms with Gasteiger partial charge in [0.2, 0.25) is 0 Å². The Balaban J connectivity index is 1.21. The van der Waals surface area contributed by atoms with Crippen molar-refractivity contribution < 1.29 is 18.7 Å². The third-order valence-electron chi connectivity index (χ3n) is 7.18. The maximum atomic E-state index is 14.2. The summed E-state index contributed by atoms with van der Waals surface area (Å²) in [5.41, 5.74) is 0.729. The second-order valence-electron chi connectivity index (χ2n) is 9.41. The van der Waals surface area contributed by atoms with E-state index in [1.165, 1.54) is 25.4 Å². The summed E-state index contributed by atoms with van der Waals surface area (Å²) >= 11 is 0. The molecule has 1 aliphatic carbocycles. The van der Waals surface area contributed by atoms with E-state index in [1.54, 1.807) is 10.8 Å². The van der Waals surface area contributed by atoms with E-state index in [0.717, 1.165) is 25.7 Å². The lowest BCUT2D eigenvalue weighted by Gasteiger charge is -2.34. The predicted molar refractivity (Wildman–Crippen MR) is 134 cm³/mol. The smallest absolute Gasteiger partial charge is 0.269 e. The minimum Gasteiger partial charge on any atom is -0.494 e. The van der Waals surface area contributed by atoms with Crippen molar-refractivity contribution in [1.29, 1.82) is 0 Å². The van der Waals surface area contributed by atoms with Crippen LogP contribution in [0.15, 0.2) is 29.3 Å². The Morgan fingerprint density at radius 2 is 2.03 bits per heavy atom. The first-order valence-electron chi connectivity index (χ1n) is 12.4. The van der Waals surface area contributed by atoms with Crippen LogP contribution in [0.4, 0.5) is 10.2 Å². The van der Waals surface area contributed by atoms with Crippen LogP contribution in [-0.4, -0.2) is 58.3 Å². The Kier molecular flexibility index (Phi) is 7.28. The molecule has 0 spiro atoms. The number of fused-ring (bicyclic) bond motifs is 2. The number of hydrogen-bond acceptors (Lipinski definition) is 9. The zero-order valence-corrected chi connectivity index (χ0v) is 20.8. The first-order valence-corrected chi connectivity index (χ1v) is 12.4. The number of methoxy groups -OCH3 is 1. The summed E-state index contributed by atoms with van der Waals surface area (Å²) < 4.78 is 26.2. The largest absolute Gasteiger partial charge is 0.494 e. The highest BCUT2D eigenvalue weighted by atomic mass is 19.1. The van der Waals surface area contributed by atoms with Crippen LogP contribution < -0.4 is 31.0 Å². The summed E-state index contributed by atoms with van der Waals surface area (Å²) in [4.78, 5) is 37.1. The molecule has 11 nitrogen and oxygen atoms in total. The molecule has 1 aromatic carbocycles. The monoisotopic (exact) mass is 511 g/mol. The van der Waals surface area contributed by atoms with E-state index >= 15 is 0 Å². The van der Waals surface area contributed by atoms with Crippen molar-refractivity contribution in [3.05, 3.63) is 46.5 Å². The molecule has 2 aliphatic rings. The number of ether oxygens (including phenoxy) is 2. The standard InChI is InChI=1S/C25H30FN7O4/c1-27-18(12-33-19-8-20(36-2)16(26)7-17(19)29-11-24(33)35)14-3-5-15(6-4-14)28-10-22-30-9-21-25(31-22)32-23(34)13-37-21/h7-9,11,14-15,18,27-28H,3-6,10,12-13H2,1-2H3,(H,30,31,32,34). The lowest BCUT2D eigenvalue weighted by Crippen LogP contribution is -2.43. The van der Waals surface area contributed by atoms with Gasteiger partial charge in [-0.1, -0.05) is 0 Å². The zero-order chi connectivity index (χ0) is 25.9. The van der Waals surface area contributed by atoms with Crippen molar-refractivity contribution in [3.63, 3.8) is 0 Å². The second-order valence-corrected chi connectivity index (χ2v) is 9.41. The highest BCUT2D eigenvalue weighted by molar-refractivity contribution is 5.94. The number of carbonyl (C=O) groups excluding carboxylic acids is 1. The topological polar surface area (TPSA) is 132 Å². The van der Waals surface area contributed by atoms with Gasteiger partial charge in [0, 0.05) is 30.8 Å². The van der Waals surface area contributed by atoms with E-state index in [0.29, 0.717) is 53.5 Å². The van der Waals surface area contributed by atoms with E-state index in [2.05, 4.69) is 30.9 Å². The molecule has 37 heavy (non-hydrogen) atoms. The molecule has 0 bridgehead atoms. The molecule has 5 rings (SSSR count). The molecular weight excluding hydrogens is 481 g/mol. The summed E-state index contributed by atoms with van der Waals surface area (Å²) in [5, 5.41) is 9.61. The molecule has 0 saturated heterocycles. The third-order valence-corrected chi connectivity index (χ3v) is 7.18. The number of carbonyl (C=O) groups is 1. The van der Waals surface area contributed by atoms with Crippen LogP contribution in [0.2, 0.25) is 0 Å². The molecule has 2 aromatic heterocycles. The number of likely N-dealkylation sites (N-methyl/N-ethyl adjacent to an activating group) is 1. The van der Waals surface area contributed by atoms with Gasteiger partial charge < -0.3 is 30.0 Å². The number of aromatic nitrogens is 4. The Labute approximate surface area is 212 Å².